The van der Waals surface area contributed by atoms with Crippen molar-refractivity contribution in [3.63, 3.8) is 0 Å². The van der Waals surface area contributed by atoms with Crippen LogP contribution >= 0.6 is 0 Å². The van der Waals surface area contributed by atoms with E-state index in [-0.39, 0.29) is 6.10 Å². The zero-order valence-corrected chi connectivity index (χ0v) is 12.2. The molecule has 1 saturated heterocycles. The number of likely N-dealkylation sites (tertiary alicyclic amines) is 1. The molecule has 3 heteroatoms. The van der Waals surface area contributed by atoms with Crippen molar-refractivity contribution in [3.8, 4) is 0 Å². The van der Waals surface area contributed by atoms with Gasteiger partial charge in [-0.25, -0.2) is 0 Å². The highest BCUT2D eigenvalue weighted by atomic mass is 16.3. The van der Waals surface area contributed by atoms with Gasteiger partial charge in [-0.1, -0.05) is 25.0 Å². The maximum Gasteiger partial charge on any atom is 0.0695 e. The minimum Gasteiger partial charge on any atom is -0.399 e. The highest BCUT2D eigenvalue weighted by Gasteiger charge is 2.31. The van der Waals surface area contributed by atoms with Gasteiger partial charge in [-0.15, -0.1) is 0 Å². The summed E-state index contributed by atoms with van der Waals surface area (Å²) < 4.78 is 0. The first-order valence-electron chi connectivity index (χ1n) is 8.01. The normalized spacial score (nSPS) is 29.4. The second kappa shape index (κ2) is 6.15. The minimum absolute atomic E-state index is 0.100. The van der Waals surface area contributed by atoms with Crippen molar-refractivity contribution in [2.75, 3.05) is 18.8 Å². The topological polar surface area (TPSA) is 49.5 Å². The van der Waals surface area contributed by atoms with E-state index in [0.717, 1.165) is 25.2 Å². The highest BCUT2D eigenvalue weighted by Crippen LogP contribution is 2.32. The number of benzene rings is 1. The Morgan fingerprint density at radius 1 is 0.950 bits per heavy atom. The van der Waals surface area contributed by atoms with Crippen LogP contribution in [0.1, 0.15) is 50.0 Å². The molecule has 0 radical (unpaired) electrons. The second-order valence-electron chi connectivity index (χ2n) is 6.40. The first kappa shape index (κ1) is 13.9. The van der Waals surface area contributed by atoms with E-state index in [4.69, 9.17) is 5.73 Å². The predicted octanol–water partition coefficient (Wildman–Crippen LogP) is 2.75. The fraction of sp³-hybridized carbons (Fsp3) is 0.647. The number of rotatable bonds is 2. The Morgan fingerprint density at radius 2 is 1.60 bits per heavy atom. The Labute approximate surface area is 121 Å². The molecule has 3 N–H and O–H groups in total. The summed E-state index contributed by atoms with van der Waals surface area (Å²) in [6, 6.07) is 8.77. The minimum atomic E-state index is -0.100. The van der Waals surface area contributed by atoms with Crippen molar-refractivity contribution in [1.29, 1.82) is 0 Å². The van der Waals surface area contributed by atoms with Crippen molar-refractivity contribution in [1.82, 2.24) is 4.90 Å². The van der Waals surface area contributed by atoms with Crippen LogP contribution in [0.3, 0.4) is 0 Å². The fourth-order valence-electron chi connectivity index (χ4n) is 3.85. The van der Waals surface area contributed by atoms with Crippen LogP contribution in [0.4, 0.5) is 5.69 Å². The van der Waals surface area contributed by atoms with E-state index >= 15 is 0 Å². The quantitative estimate of drug-likeness (QED) is 0.815. The van der Waals surface area contributed by atoms with Crippen LogP contribution in [-0.2, 0) is 0 Å². The number of nitrogens with zero attached hydrogens (tertiary/aromatic N) is 1. The Kier molecular flexibility index (Phi) is 4.27. The first-order valence-corrected chi connectivity index (χ1v) is 8.01. The summed E-state index contributed by atoms with van der Waals surface area (Å²) in [6.07, 6.45) is 6.94. The van der Waals surface area contributed by atoms with Gasteiger partial charge in [-0.3, -0.25) is 4.90 Å². The van der Waals surface area contributed by atoms with Gasteiger partial charge in [0.25, 0.3) is 0 Å². The van der Waals surface area contributed by atoms with E-state index in [9.17, 15) is 5.11 Å². The predicted molar refractivity (Wildman–Crippen MR) is 82.7 cm³/mol. The van der Waals surface area contributed by atoms with Crippen LogP contribution in [0.2, 0.25) is 0 Å². The lowest BCUT2D eigenvalue weighted by atomic mass is 9.86. The van der Waals surface area contributed by atoms with Crippen molar-refractivity contribution < 1.29 is 5.11 Å². The maximum atomic E-state index is 10.2. The molecule has 0 bridgehead atoms. The molecule has 2 atom stereocenters. The van der Waals surface area contributed by atoms with Gasteiger partial charge in [0.1, 0.15) is 0 Å². The lowest BCUT2D eigenvalue weighted by molar-refractivity contribution is 0.00871. The molecule has 0 unspecified atom stereocenters. The average molecular weight is 274 g/mol. The molecule has 1 aliphatic heterocycles. The zero-order valence-electron chi connectivity index (χ0n) is 12.2. The van der Waals surface area contributed by atoms with Gasteiger partial charge < -0.3 is 10.8 Å². The molecule has 1 saturated carbocycles. The van der Waals surface area contributed by atoms with Crippen LogP contribution in [-0.4, -0.2) is 35.2 Å². The number of piperidine rings is 1. The smallest absolute Gasteiger partial charge is 0.0695 e. The Morgan fingerprint density at radius 3 is 2.25 bits per heavy atom. The van der Waals surface area contributed by atoms with Gasteiger partial charge in [0.15, 0.2) is 0 Å². The number of aliphatic hydroxyl groups excluding tert-OH is 1. The largest absolute Gasteiger partial charge is 0.399 e. The van der Waals surface area contributed by atoms with Crippen molar-refractivity contribution in [2.45, 2.75) is 56.6 Å². The second-order valence-corrected chi connectivity index (χ2v) is 6.40. The van der Waals surface area contributed by atoms with Gasteiger partial charge in [0.05, 0.1) is 6.10 Å². The van der Waals surface area contributed by atoms with Gasteiger partial charge in [0.2, 0.25) is 0 Å². The third-order valence-electron chi connectivity index (χ3n) is 5.10. The van der Waals surface area contributed by atoms with E-state index in [2.05, 4.69) is 17.0 Å². The van der Waals surface area contributed by atoms with Crippen molar-refractivity contribution in [3.05, 3.63) is 29.8 Å². The molecule has 1 aromatic carbocycles. The lowest BCUT2D eigenvalue weighted by Crippen LogP contribution is -2.48. The summed E-state index contributed by atoms with van der Waals surface area (Å²) in [5.74, 6) is 0.660. The Hall–Kier alpha value is -1.06. The van der Waals surface area contributed by atoms with Gasteiger partial charge in [-0.05, 0) is 62.4 Å². The number of nitrogen functional groups attached to an aromatic ring is 1. The summed E-state index contributed by atoms with van der Waals surface area (Å²) in [6.45, 7) is 2.24. The van der Waals surface area contributed by atoms with E-state index in [0.29, 0.717) is 12.0 Å². The molecule has 2 fully saturated rings. The number of nitrogens with two attached hydrogens (primary N) is 1. The third kappa shape index (κ3) is 2.99. The van der Waals surface area contributed by atoms with E-state index < -0.39 is 0 Å². The summed E-state index contributed by atoms with van der Waals surface area (Å²) in [5, 5.41) is 10.2. The first-order chi connectivity index (χ1) is 9.74. The van der Waals surface area contributed by atoms with Crippen molar-refractivity contribution in [2.24, 2.45) is 0 Å². The van der Waals surface area contributed by atoms with Gasteiger partial charge >= 0.3 is 0 Å². The zero-order chi connectivity index (χ0) is 13.9. The van der Waals surface area contributed by atoms with Crippen LogP contribution < -0.4 is 5.73 Å². The molecular formula is C17H26N2O. The molecule has 0 spiro atoms. The molecule has 1 heterocycles. The number of hydrogen-bond acceptors (Lipinski definition) is 3. The van der Waals surface area contributed by atoms with Gasteiger partial charge in [0, 0.05) is 11.7 Å². The molecule has 1 aromatic rings. The molecule has 3 nitrogen and oxygen atoms in total. The Balaban J connectivity index is 1.57. The molecule has 0 aromatic heterocycles. The van der Waals surface area contributed by atoms with E-state index in [1.807, 2.05) is 12.1 Å². The molecule has 1 aliphatic carbocycles. The molecule has 110 valence electrons. The molecule has 0 amide bonds. The summed E-state index contributed by atoms with van der Waals surface area (Å²) in [5.41, 5.74) is 8.02. The number of aliphatic hydroxyl groups is 1. The third-order valence-corrected chi connectivity index (χ3v) is 5.10. The molecule has 20 heavy (non-hydrogen) atoms. The van der Waals surface area contributed by atoms with Crippen LogP contribution in [0, 0.1) is 0 Å². The van der Waals surface area contributed by atoms with Gasteiger partial charge in [-0.2, -0.15) is 0 Å². The molecular weight excluding hydrogens is 248 g/mol. The summed E-state index contributed by atoms with van der Waals surface area (Å²) in [7, 11) is 0. The Bertz CT molecular complexity index is 423. The van der Waals surface area contributed by atoms with E-state index in [1.165, 1.54) is 37.7 Å². The van der Waals surface area contributed by atoms with Crippen LogP contribution in [0.15, 0.2) is 24.3 Å². The highest BCUT2D eigenvalue weighted by molar-refractivity contribution is 5.40. The van der Waals surface area contributed by atoms with E-state index in [1.54, 1.807) is 0 Å². The number of hydrogen-bond donors (Lipinski definition) is 2. The lowest BCUT2D eigenvalue weighted by Gasteiger charge is -2.41. The fourth-order valence-corrected chi connectivity index (χ4v) is 3.85. The molecule has 3 rings (SSSR count). The SMILES string of the molecule is Nc1ccc(C2CCN([C@@H]3CCCC[C@H]3O)CC2)cc1. The van der Waals surface area contributed by atoms with Crippen molar-refractivity contribution >= 4 is 5.69 Å². The van der Waals surface area contributed by atoms with Crippen LogP contribution in [0.25, 0.3) is 0 Å². The standard InChI is InChI=1S/C17H26N2O/c18-15-7-5-13(6-8-15)14-9-11-19(12-10-14)16-3-1-2-4-17(16)20/h5-8,14,16-17,20H,1-4,9-12,18H2/t16-,17-/m1/s1. The maximum absolute atomic E-state index is 10.2. The monoisotopic (exact) mass is 274 g/mol. The summed E-state index contributed by atoms with van der Waals surface area (Å²) in [4.78, 5) is 2.53. The molecule has 2 aliphatic rings. The average Bonchev–Trinajstić information content (AvgIpc) is 2.49. The summed E-state index contributed by atoms with van der Waals surface area (Å²) >= 11 is 0. The number of anilines is 1. The van der Waals surface area contributed by atoms with Crippen LogP contribution in [0.5, 0.6) is 0 Å².